The Kier molecular flexibility index (Phi) is 21.7. The van der Waals surface area contributed by atoms with E-state index in [1.54, 1.807) is 224 Å². The van der Waals surface area contributed by atoms with Crippen LogP contribution in [0.3, 0.4) is 0 Å². The number of nitrogens with zero attached hydrogens (tertiary/aromatic N) is 3. The first kappa shape index (κ1) is 81.8. The fraction of sp³-hybridized carbons (Fsp3) is 0.0700. The molecule has 0 saturated heterocycles. The highest BCUT2D eigenvalue weighted by Crippen LogP contribution is 2.48. The number of aromatic hydroxyl groups is 8. The zero-order chi connectivity index (χ0) is 88.9. The van der Waals surface area contributed by atoms with Gasteiger partial charge in [-0.1, -0.05) is 151 Å². The van der Waals surface area contributed by atoms with Crippen molar-refractivity contribution in [3.05, 3.63) is 446 Å². The molecule has 1 aliphatic carbocycles. The molecule has 1 aliphatic rings. The Morgan fingerprint density at radius 3 is 0.844 bits per heavy atom. The molecule has 0 unspecified atom stereocenters. The van der Waals surface area contributed by atoms with Crippen LogP contribution in [-0.2, 0) is 12.8 Å². The first-order chi connectivity index (χ1) is 62.1. The molecule has 0 spiro atoms. The van der Waals surface area contributed by atoms with Gasteiger partial charge in [-0.3, -0.25) is 4.98 Å². The van der Waals surface area contributed by atoms with E-state index < -0.39 is 80.2 Å². The summed E-state index contributed by atoms with van der Waals surface area (Å²) in [5, 5.41) is 90.9. The van der Waals surface area contributed by atoms with E-state index in [0.29, 0.717) is 59.6 Å². The second-order valence-electron chi connectivity index (χ2n) is 29.8. The van der Waals surface area contributed by atoms with Crippen LogP contribution in [0, 0.1) is 0 Å². The average Bonchev–Trinajstić information content (AvgIpc) is 0.994. The Bertz CT molecular complexity index is 7740. The minimum Gasteiger partial charge on any atom is -0.507 e. The predicted molar refractivity (Wildman–Crippen MR) is 473 cm³/mol. The molecule has 0 amide bonds. The predicted octanol–water partition coefficient (Wildman–Crippen LogP) is 17.3. The summed E-state index contributed by atoms with van der Waals surface area (Å²) >= 11 is 6.01. The Balaban J connectivity index is 0.000000115. The number of hydrogen-bond donors (Lipinski definition) is 8. The van der Waals surface area contributed by atoms with Crippen molar-refractivity contribution in [3.63, 3.8) is 0 Å². The Morgan fingerprint density at radius 2 is 0.508 bits per heavy atom. The monoisotopic (exact) mass is 1730 g/mol. The van der Waals surface area contributed by atoms with E-state index in [1.807, 2.05) is 18.2 Å². The van der Waals surface area contributed by atoms with E-state index in [1.165, 1.54) is 42.5 Å². The SMILES string of the molecule is O=c1oc2ccccc2c(O)c1C(c1ccc2c(c1)CCC2)c1c(O)c2ccccc2oc1=O.O=c1oc2ccccc2c(O)c1C(c1ccccc1)c1c(O)c2ccccc2oc1=O.O=c1oc2ccccc2c(O)c1C(c1cccnc1)c1c(O)c2ccccc2oc1=O.O=c1oc2cccnc2c(O)c1C(c1ccc(Cl)cc1)c1c(O)c2ncccc2oc1=O. The number of fused-ring (bicyclic) bond motifs is 9. The van der Waals surface area contributed by atoms with Gasteiger partial charge in [-0.2, -0.15) is 0 Å². The Labute approximate surface area is 721 Å². The second-order valence-corrected chi connectivity index (χ2v) is 30.2. The van der Waals surface area contributed by atoms with Gasteiger partial charge < -0.3 is 76.2 Å². The first-order valence-electron chi connectivity index (χ1n) is 39.6. The van der Waals surface area contributed by atoms with Crippen LogP contribution in [0.5, 0.6) is 46.0 Å². The fourth-order valence-corrected chi connectivity index (χ4v) is 16.6. The van der Waals surface area contributed by atoms with Crippen LogP contribution in [0.4, 0.5) is 0 Å². The molecule has 0 atom stereocenters. The van der Waals surface area contributed by atoms with Gasteiger partial charge in [-0.05, 0) is 168 Å². The summed E-state index contributed by atoms with van der Waals surface area (Å²) in [4.78, 5) is 117. The molecular formula is C100H64ClN3O24. The van der Waals surface area contributed by atoms with Crippen molar-refractivity contribution >= 4 is 99.6 Å². The number of aryl methyl sites for hydroxylation is 2. The quantitative estimate of drug-likeness (QED) is 0.0527. The van der Waals surface area contributed by atoms with E-state index in [2.05, 4.69) is 15.0 Å². The summed E-state index contributed by atoms with van der Waals surface area (Å²) in [6.45, 7) is 0. The van der Waals surface area contributed by atoms with Crippen LogP contribution in [0.15, 0.2) is 353 Å². The average molecular weight is 1730 g/mol. The van der Waals surface area contributed by atoms with E-state index in [-0.39, 0.29) is 135 Å². The number of rotatable bonds is 12. The molecule has 0 fully saturated rings. The van der Waals surface area contributed by atoms with Crippen LogP contribution in [0.25, 0.3) is 88.0 Å². The maximum atomic E-state index is 13.2. The molecule has 9 aromatic carbocycles. The smallest absolute Gasteiger partial charge is 0.344 e. The number of halogens is 1. The summed E-state index contributed by atoms with van der Waals surface area (Å²) in [6, 6.07) is 69.4. The molecule has 0 radical (unpaired) electrons. The molecule has 11 aromatic heterocycles. The lowest BCUT2D eigenvalue weighted by atomic mass is 9.83. The van der Waals surface area contributed by atoms with Crippen molar-refractivity contribution in [1.29, 1.82) is 0 Å². The van der Waals surface area contributed by atoms with Gasteiger partial charge in [0.05, 0.1) is 100 Å². The molecule has 0 bridgehead atoms. The van der Waals surface area contributed by atoms with Gasteiger partial charge >= 0.3 is 45.0 Å². The summed E-state index contributed by atoms with van der Waals surface area (Å²) in [6.07, 6.45) is 8.71. The molecular weight excluding hydrogens is 1660 g/mol. The zero-order valence-corrected chi connectivity index (χ0v) is 67.1. The topological polar surface area (TPSA) is 442 Å². The van der Waals surface area contributed by atoms with Gasteiger partial charge in [0, 0.05) is 29.8 Å². The molecule has 28 heteroatoms. The fourth-order valence-electron chi connectivity index (χ4n) is 16.5. The maximum absolute atomic E-state index is 13.2. The van der Waals surface area contributed by atoms with Gasteiger partial charge in [-0.15, -0.1) is 0 Å². The third-order valence-corrected chi connectivity index (χ3v) is 22.6. The number of hydrogen-bond acceptors (Lipinski definition) is 27. The molecule has 8 N–H and O–H groups in total. The van der Waals surface area contributed by atoms with E-state index in [0.717, 1.165) is 24.8 Å². The van der Waals surface area contributed by atoms with Crippen LogP contribution >= 0.6 is 11.6 Å². The molecule has 21 rings (SSSR count). The summed E-state index contributed by atoms with van der Waals surface area (Å²) < 4.78 is 43.5. The summed E-state index contributed by atoms with van der Waals surface area (Å²) in [7, 11) is 0. The van der Waals surface area contributed by atoms with Gasteiger partial charge in [0.15, 0.2) is 22.7 Å². The molecule has 0 saturated carbocycles. The molecule has 128 heavy (non-hydrogen) atoms. The second kappa shape index (κ2) is 33.9. The van der Waals surface area contributed by atoms with Gasteiger partial charge in [0.1, 0.15) is 79.0 Å². The molecule has 630 valence electrons. The summed E-state index contributed by atoms with van der Waals surface area (Å²) in [5.41, 5.74) is -2.39. The Morgan fingerprint density at radius 1 is 0.250 bits per heavy atom. The van der Waals surface area contributed by atoms with Crippen LogP contribution < -0.4 is 45.0 Å². The Hall–Kier alpha value is -17.2. The lowest BCUT2D eigenvalue weighted by molar-refractivity contribution is 0.439. The van der Waals surface area contributed by atoms with Crippen molar-refractivity contribution in [1.82, 2.24) is 15.0 Å². The third kappa shape index (κ3) is 14.8. The third-order valence-electron chi connectivity index (χ3n) is 22.4. The maximum Gasteiger partial charge on any atom is 0.344 e. The van der Waals surface area contributed by atoms with E-state index >= 15 is 0 Å². The highest BCUT2D eigenvalue weighted by atomic mass is 35.5. The van der Waals surface area contributed by atoms with Crippen molar-refractivity contribution in [2.24, 2.45) is 0 Å². The van der Waals surface area contributed by atoms with Gasteiger partial charge in [-0.25, -0.2) is 48.3 Å². The molecule has 11 heterocycles. The lowest BCUT2D eigenvalue weighted by Gasteiger charge is -2.20. The minimum absolute atomic E-state index is 0.0313. The van der Waals surface area contributed by atoms with Crippen LogP contribution in [0.2, 0.25) is 5.02 Å². The first-order valence-corrected chi connectivity index (χ1v) is 40.0. The highest BCUT2D eigenvalue weighted by molar-refractivity contribution is 6.30. The number of para-hydroxylation sites is 6. The van der Waals surface area contributed by atoms with Crippen molar-refractivity contribution in [2.75, 3.05) is 0 Å². The molecule has 0 aliphatic heterocycles. The normalized spacial score (nSPS) is 11.9. The highest BCUT2D eigenvalue weighted by Gasteiger charge is 2.38. The summed E-state index contributed by atoms with van der Waals surface area (Å²) in [5.74, 6) is -7.45. The van der Waals surface area contributed by atoms with Crippen molar-refractivity contribution in [3.8, 4) is 46.0 Å². The van der Waals surface area contributed by atoms with Gasteiger partial charge in [0.2, 0.25) is 0 Å². The van der Waals surface area contributed by atoms with Crippen LogP contribution in [0.1, 0.15) is 108 Å². The lowest BCUT2D eigenvalue weighted by Crippen LogP contribution is -2.21. The molecule has 20 aromatic rings. The van der Waals surface area contributed by atoms with Crippen molar-refractivity contribution < 1.29 is 76.2 Å². The van der Waals surface area contributed by atoms with Gasteiger partial charge in [0.25, 0.3) is 0 Å². The number of aromatic nitrogens is 3. The van der Waals surface area contributed by atoms with Crippen molar-refractivity contribution in [2.45, 2.75) is 42.9 Å². The standard InChI is InChI=1S/C28H20O6.C25H16O6.C24H15NO6.C23H13ClN2O6/c29-25-18-8-1-3-10-20(18)33-27(31)23(25)22(17-13-12-15-6-5-7-16(15)14-17)24-26(30)19-9-2-4-11-21(19)34-28(24)32;26-22-15-10-4-6-12-17(15)30-24(28)20(22)19(14-8-2-1-3-9-14)21-23(27)16-11-5-7-13-18(16)31-25(21)29;26-21-14-7-1-3-9-16(14)30-23(28)19(21)18(13-6-5-11-25-12-13)20-22(27)15-8-2-4-10-17(15)31-24(20)29;24-12-7-5-11(6-8-12)15(16-20(27)18-13(31-22(16)29)3-1-9-25-18)17-21(28)19-14(32-23(17)30)4-2-10-26-19/h1-4,8-14,22,29-30H,5-7H2;1-13,19,26-27H;1-12,18,26-27H;1-10,15,27-28H. The molecule has 27 nitrogen and oxygen atoms in total. The number of pyridine rings is 3. The van der Waals surface area contributed by atoms with E-state index in [9.17, 15) is 79.2 Å². The van der Waals surface area contributed by atoms with E-state index in [4.69, 9.17) is 46.9 Å². The number of benzene rings is 9. The minimum atomic E-state index is -1.25. The largest absolute Gasteiger partial charge is 0.507 e. The zero-order valence-electron chi connectivity index (χ0n) is 66.3. The van der Waals surface area contributed by atoms with Crippen LogP contribution in [-0.4, -0.2) is 55.8 Å².